The molecule has 0 radical (unpaired) electrons. The predicted octanol–water partition coefficient (Wildman–Crippen LogP) is 3.53. The molecule has 0 spiro atoms. The lowest BCUT2D eigenvalue weighted by Crippen LogP contribution is -2.41. The molecule has 0 aromatic heterocycles. The number of hydrogen-bond donors (Lipinski definition) is 2. The van der Waals surface area contributed by atoms with Gasteiger partial charge in [-0.25, -0.2) is 4.39 Å². The Bertz CT molecular complexity index is 505. The third-order valence-corrected chi connectivity index (χ3v) is 4.96. The molecule has 1 saturated heterocycles. The number of nitrogens with two attached hydrogens (primary N) is 1. The normalized spacial score (nSPS) is 25.6. The van der Waals surface area contributed by atoms with E-state index in [0.29, 0.717) is 0 Å². The average molecular weight is 392 g/mol. The molecule has 112 valence electrons. The fourth-order valence-corrected chi connectivity index (χ4v) is 4.11. The van der Waals surface area contributed by atoms with E-state index in [-0.39, 0.29) is 29.0 Å². The van der Waals surface area contributed by atoms with E-state index in [1.807, 2.05) is 6.07 Å². The van der Waals surface area contributed by atoms with E-state index >= 15 is 0 Å². The van der Waals surface area contributed by atoms with Crippen LogP contribution in [0.2, 0.25) is 0 Å². The zero-order valence-corrected chi connectivity index (χ0v) is 14.5. The van der Waals surface area contributed by atoms with Crippen molar-refractivity contribution < 1.29 is 9.13 Å². The van der Waals surface area contributed by atoms with Crippen molar-refractivity contribution in [2.24, 2.45) is 11.8 Å². The number of hydrogen-bond acceptors (Lipinski definition) is 3. The highest BCUT2D eigenvalue weighted by Gasteiger charge is 2.49. The Morgan fingerprint density at radius 3 is 2.50 bits per heavy atom. The third kappa shape index (κ3) is 3.16. The molecule has 3 N–H and O–H groups in total. The van der Waals surface area contributed by atoms with Crippen LogP contribution in [0.5, 0.6) is 0 Å². The molecule has 1 aromatic rings. The lowest BCUT2D eigenvalue weighted by molar-refractivity contribution is -0.0779. The Morgan fingerprint density at radius 1 is 1.40 bits per heavy atom. The van der Waals surface area contributed by atoms with Crippen molar-refractivity contribution >= 4 is 22.6 Å². The van der Waals surface area contributed by atoms with E-state index in [4.69, 9.17) is 10.6 Å². The Kier molecular flexibility index (Phi) is 4.45. The van der Waals surface area contributed by atoms with Crippen LogP contribution in [-0.4, -0.2) is 11.2 Å². The number of rotatable bonds is 3. The van der Waals surface area contributed by atoms with Crippen molar-refractivity contribution in [1.29, 1.82) is 0 Å². The van der Waals surface area contributed by atoms with Crippen LogP contribution < -0.4 is 11.3 Å². The van der Waals surface area contributed by atoms with Crippen LogP contribution in [0.25, 0.3) is 0 Å². The largest absolute Gasteiger partial charge is 0.369 e. The van der Waals surface area contributed by atoms with Gasteiger partial charge in [0.1, 0.15) is 5.82 Å². The summed E-state index contributed by atoms with van der Waals surface area (Å²) in [6.07, 6.45) is 0.905. The first-order valence-corrected chi connectivity index (χ1v) is 7.85. The van der Waals surface area contributed by atoms with E-state index < -0.39 is 0 Å². The van der Waals surface area contributed by atoms with Gasteiger partial charge in [-0.1, -0.05) is 6.07 Å². The minimum Gasteiger partial charge on any atom is -0.369 e. The summed E-state index contributed by atoms with van der Waals surface area (Å²) < 4.78 is 20.3. The Hall–Kier alpha value is -0.240. The minimum atomic E-state index is -0.280. The number of nitrogens with one attached hydrogen (secondary N) is 1. The van der Waals surface area contributed by atoms with Gasteiger partial charge in [0.25, 0.3) is 0 Å². The molecule has 0 bridgehead atoms. The molecule has 0 amide bonds. The molecule has 2 unspecified atom stereocenters. The van der Waals surface area contributed by atoms with Crippen molar-refractivity contribution in [2.45, 2.75) is 51.4 Å². The van der Waals surface area contributed by atoms with Crippen molar-refractivity contribution in [3.63, 3.8) is 0 Å². The van der Waals surface area contributed by atoms with Gasteiger partial charge in [0.15, 0.2) is 0 Å². The standard InChI is InChI=1S/C15H22FIN2O/c1-14(2)8-11(15(3,4)20-14)13(19-18)10-6-5-9(16)7-12(10)17/h5-7,11,13,19H,8,18H2,1-4H3. The van der Waals surface area contributed by atoms with E-state index in [2.05, 4.69) is 55.7 Å². The molecule has 3 nitrogen and oxygen atoms in total. The van der Waals surface area contributed by atoms with Gasteiger partial charge in [0.05, 0.1) is 17.2 Å². The van der Waals surface area contributed by atoms with Crippen LogP contribution in [0.3, 0.4) is 0 Å². The van der Waals surface area contributed by atoms with Crippen molar-refractivity contribution in [2.75, 3.05) is 0 Å². The molecule has 1 aliphatic heterocycles. The van der Waals surface area contributed by atoms with Gasteiger partial charge in [0.2, 0.25) is 0 Å². The number of hydrazine groups is 1. The van der Waals surface area contributed by atoms with E-state index in [1.54, 1.807) is 0 Å². The summed E-state index contributed by atoms with van der Waals surface area (Å²) in [6.45, 7) is 8.37. The number of ether oxygens (including phenoxy) is 1. The summed E-state index contributed by atoms with van der Waals surface area (Å²) in [6, 6.07) is 4.77. The molecular weight excluding hydrogens is 370 g/mol. The Labute approximate surface area is 133 Å². The molecule has 1 aromatic carbocycles. The molecule has 5 heteroatoms. The summed E-state index contributed by atoms with van der Waals surface area (Å²) in [5.74, 6) is 5.80. The van der Waals surface area contributed by atoms with Gasteiger partial charge < -0.3 is 4.74 Å². The first kappa shape index (κ1) is 16.1. The van der Waals surface area contributed by atoms with Crippen molar-refractivity contribution in [3.05, 3.63) is 33.1 Å². The average Bonchev–Trinajstić information content (AvgIpc) is 2.51. The third-order valence-electron chi connectivity index (χ3n) is 4.02. The predicted molar refractivity (Wildman–Crippen MR) is 86.5 cm³/mol. The monoisotopic (exact) mass is 392 g/mol. The molecule has 0 aliphatic carbocycles. The summed E-state index contributed by atoms with van der Waals surface area (Å²) >= 11 is 2.16. The van der Waals surface area contributed by atoms with Gasteiger partial charge in [-0.2, -0.15) is 0 Å². The Morgan fingerprint density at radius 2 is 2.05 bits per heavy atom. The van der Waals surface area contributed by atoms with Gasteiger partial charge >= 0.3 is 0 Å². The van der Waals surface area contributed by atoms with Gasteiger partial charge in [0, 0.05) is 9.49 Å². The minimum absolute atomic E-state index is 0.0562. The molecular formula is C15H22FIN2O. The lowest BCUT2D eigenvalue weighted by Gasteiger charge is -2.33. The van der Waals surface area contributed by atoms with E-state index in [1.165, 1.54) is 12.1 Å². The fourth-order valence-electron chi connectivity index (χ4n) is 3.30. The van der Waals surface area contributed by atoms with Crippen molar-refractivity contribution in [1.82, 2.24) is 5.43 Å². The first-order chi connectivity index (χ1) is 9.16. The zero-order valence-electron chi connectivity index (χ0n) is 12.3. The van der Waals surface area contributed by atoms with Gasteiger partial charge in [-0.3, -0.25) is 11.3 Å². The van der Waals surface area contributed by atoms with Gasteiger partial charge in [-0.05, 0) is 74.4 Å². The summed E-state index contributed by atoms with van der Waals surface area (Å²) in [5.41, 5.74) is 3.48. The van der Waals surface area contributed by atoms with Crippen LogP contribution in [0, 0.1) is 15.3 Å². The second-order valence-electron chi connectivity index (χ2n) is 6.59. The van der Waals surface area contributed by atoms with Crippen molar-refractivity contribution in [3.8, 4) is 0 Å². The van der Waals surface area contributed by atoms with Crippen LogP contribution in [-0.2, 0) is 4.74 Å². The van der Waals surface area contributed by atoms with Crippen LogP contribution in [0.15, 0.2) is 18.2 Å². The quantitative estimate of drug-likeness (QED) is 0.470. The SMILES string of the molecule is CC1(C)CC(C(NN)c2ccc(F)cc2I)C(C)(C)O1. The lowest BCUT2D eigenvalue weighted by atomic mass is 9.79. The smallest absolute Gasteiger partial charge is 0.124 e. The maximum absolute atomic E-state index is 13.3. The first-order valence-electron chi connectivity index (χ1n) is 6.77. The second kappa shape index (κ2) is 5.51. The summed E-state index contributed by atoms with van der Waals surface area (Å²) in [4.78, 5) is 0. The number of halogens is 2. The zero-order chi connectivity index (χ0) is 15.1. The Balaban J connectivity index is 2.37. The highest BCUT2D eigenvalue weighted by Crippen LogP contribution is 2.47. The van der Waals surface area contributed by atoms with Crippen LogP contribution in [0.4, 0.5) is 4.39 Å². The summed E-state index contributed by atoms with van der Waals surface area (Å²) in [7, 11) is 0. The molecule has 0 saturated carbocycles. The van der Waals surface area contributed by atoms with Crippen LogP contribution >= 0.6 is 22.6 Å². The van der Waals surface area contributed by atoms with Crippen LogP contribution in [0.1, 0.15) is 45.7 Å². The molecule has 2 rings (SSSR count). The maximum Gasteiger partial charge on any atom is 0.124 e. The van der Waals surface area contributed by atoms with Gasteiger partial charge in [-0.15, -0.1) is 0 Å². The molecule has 1 aliphatic rings. The molecule has 1 heterocycles. The summed E-state index contributed by atoms with van der Waals surface area (Å²) in [5, 5.41) is 0. The second-order valence-corrected chi connectivity index (χ2v) is 7.75. The molecule has 2 atom stereocenters. The highest BCUT2D eigenvalue weighted by atomic mass is 127. The topological polar surface area (TPSA) is 47.3 Å². The molecule has 20 heavy (non-hydrogen) atoms. The fraction of sp³-hybridized carbons (Fsp3) is 0.600. The van der Waals surface area contributed by atoms with E-state index in [9.17, 15) is 4.39 Å². The maximum atomic E-state index is 13.3. The number of benzene rings is 1. The highest BCUT2D eigenvalue weighted by molar-refractivity contribution is 14.1. The molecule has 1 fully saturated rings. The van der Waals surface area contributed by atoms with E-state index in [0.717, 1.165) is 15.6 Å².